The maximum Gasteiger partial charge on any atom is 0.0466 e. The molecule has 0 unspecified atom stereocenters. The molecule has 0 aromatic carbocycles. The topological polar surface area (TPSA) is 38.5 Å². The summed E-state index contributed by atoms with van der Waals surface area (Å²) >= 11 is 0. The predicted molar refractivity (Wildman–Crippen MR) is 52.3 cm³/mol. The van der Waals surface area contributed by atoms with Gasteiger partial charge in [-0.05, 0) is 46.4 Å². The van der Waals surface area contributed by atoms with Gasteiger partial charge >= 0.3 is 0 Å². The van der Waals surface area contributed by atoms with E-state index in [0.717, 1.165) is 32.7 Å². The smallest absolute Gasteiger partial charge is 0.0466 e. The average molecular weight is 174 g/mol. The van der Waals surface area contributed by atoms with Crippen molar-refractivity contribution in [3.05, 3.63) is 0 Å². The molecule has 12 heavy (non-hydrogen) atoms. The summed E-state index contributed by atoms with van der Waals surface area (Å²) in [5.74, 6) is 0. The third-order valence-corrected chi connectivity index (χ3v) is 1.64. The van der Waals surface area contributed by atoms with E-state index in [1.165, 1.54) is 12.8 Å². The first-order valence-corrected chi connectivity index (χ1v) is 4.70. The SMILES string of the molecule is C1CCOC1.CN(C)CCCN. The molecule has 3 nitrogen and oxygen atoms in total. The van der Waals surface area contributed by atoms with Gasteiger partial charge in [0, 0.05) is 13.2 Å². The molecule has 74 valence electrons. The molecule has 0 spiro atoms. The van der Waals surface area contributed by atoms with Gasteiger partial charge in [-0.15, -0.1) is 0 Å². The zero-order valence-electron chi connectivity index (χ0n) is 8.38. The molecule has 1 aliphatic rings. The Morgan fingerprint density at radius 1 is 1.25 bits per heavy atom. The fraction of sp³-hybridized carbons (Fsp3) is 1.00. The molecule has 1 saturated heterocycles. The van der Waals surface area contributed by atoms with Crippen molar-refractivity contribution in [3.63, 3.8) is 0 Å². The molecule has 0 aliphatic carbocycles. The number of hydrogen-bond donors (Lipinski definition) is 1. The summed E-state index contributed by atoms with van der Waals surface area (Å²) in [6, 6.07) is 0. The Bertz CT molecular complexity index is 75.0. The Labute approximate surface area is 75.9 Å². The molecule has 0 amide bonds. The third kappa shape index (κ3) is 9.88. The second-order valence-electron chi connectivity index (χ2n) is 3.26. The highest BCUT2D eigenvalue weighted by Gasteiger charge is 1.94. The van der Waals surface area contributed by atoms with Crippen molar-refractivity contribution in [2.75, 3.05) is 40.4 Å². The molecule has 0 aromatic rings. The van der Waals surface area contributed by atoms with Crippen molar-refractivity contribution >= 4 is 0 Å². The Morgan fingerprint density at radius 2 is 1.83 bits per heavy atom. The van der Waals surface area contributed by atoms with Gasteiger partial charge in [-0.1, -0.05) is 0 Å². The number of nitrogens with two attached hydrogens (primary N) is 1. The minimum Gasteiger partial charge on any atom is -0.381 e. The van der Waals surface area contributed by atoms with Crippen LogP contribution in [0.5, 0.6) is 0 Å². The average Bonchev–Trinajstić information content (AvgIpc) is 2.57. The van der Waals surface area contributed by atoms with E-state index in [2.05, 4.69) is 19.0 Å². The van der Waals surface area contributed by atoms with Crippen LogP contribution in [-0.2, 0) is 4.74 Å². The minimum atomic E-state index is 0.804. The number of ether oxygens (including phenoxy) is 1. The van der Waals surface area contributed by atoms with Gasteiger partial charge in [-0.25, -0.2) is 0 Å². The summed E-state index contributed by atoms with van der Waals surface area (Å²) in [5.41, 5.74) is 5.25. The Hall–Kier alpha value is -0.120. The standard InChI is InChI=1S/C5H14N2.C4H8O/c1-7(2)5-3-4-6;1-2-4-5-3-1/h3-6H2,1-2H3;1-4H2. The van der Waals surface area contributed by atoms with E-state index < -0.39 is 0 Å². The first kappa shape index (κ1) is 11.9. The zero-order valence-corrected chi connectivity index (χ0v) is 8.38. The van der Waals surface area contributed by atoms with Gasteiger partial charge in [0.2, 0.25) is 0 Å². The van der Waals surface area contributed by atoms with Crippen LogP contribution in [0, 0.1) is 0 Å². The molecule has 3 heteroatoms. The van der Waals surface area contributed by atoms with Crippen LogP contribution in [0.4, 0.5) is 0 Å². The van der Waals surface area contributed by atoms with Crippen molar-refractivity contribution in [2.45, 2.75) is 19.3 Å². The van der Waals surface area contributed by atoms with Gasteiger partial charge in [-0.3, -0.25) is 0 Å². The van der Waals surface area contributed by atoms with Crippen molar-refractivity contribution in [1.82, 2.24) is 4.90 Å². The molecule has 0 aromatic heterocycles. The summed E-state index contributed by atoms with van der Waals surface area (Å²) in [6.45, 7) is 3.91. The van der Waals surface area contributed by atoms with Crippen LogP contribution in [0.3, 0.4) is 0 Å². The maximum atomic E-state index is 5.25. The highest BCUT2D eigenvalue weighted by Crippen LogP contribution is 1.98. The quantitative estimate of drug-likeness (QED) is 0.684. The molecular formula is C9H22N2O. The predicted octanol–water partition coefficient (Wildman–Crippen LogP) is 0.694. The van der Waals surface area contributed by atoms with Gasteiger partial charge in [-0.2, -0.15) is 0 Å². The minimum absolute atomic E-state index is 0.804. The molecule has 0 bridgehead atoms. The van der Waals surface area contributed by atoms with E-state index in [1.54, 1.807) is 0 Å². The van der Waals surface area contributed by atoms with E-state index in [4.69, 9.17) is 10.5 Å². The molecular weight excluding hydrogens is 152 g/mol. The summed E-state index contributed by atoms with van der Waals surface area (Å²) in [6.07, 6.45) is 3.66. The van der Waals surface area contributed by atoms with Crippen LogP contribution >= 0.6 is 0 Å². The summed E-state index contributed by atoms with van der Waals surface area (Å²) < 4.78 is 4.94. The summed E-state index contributed by atoms with van der Waals surface area (Å²) in [7, 11) is 4.10. The fourth-order valence-electron chi connectivity index (χ4n) is 0.918. The van der Waals surface area contributed by atoms with Crippen molar-refractivity contribution < 1.29 is 4.74 Å². The molecule has 1 heterocycles. The van der Waals surface area contributed by atoms with E-state index in [1.807, 2.05) is 0 Å². The lowest BCUT2D eigenvalue weighted by atomic mass is 10.4. The molecule has 2 N–H and O–H groups in total. The van der Waals surface area contributed by atoms with Gasteiger partial charge in [0.25, 0.3) is 0 Å². The summed E-state index contributed by atoms with van der Waals surface area (Å²) in [4.78, 5) is 2.13. The first-order valence-electron chi connectivity index (χ1n) is 4.70. The van der Waals surface area contributed by atoms with E-state index >= 15 is 0 Å². The van der Waals surface area contributed by atoms with Gasteiger partial charge in [0.15, 0.2) is 0 Å². The van der Waals surface area contributed by atoms with Gasteiger partial charge in [0.1, 0.15) is 0 Å². The number of rotatable bonds is 3. The van der Waals surface area contributed by atoms with Crippen LogP contribution in [-0.4, -0.2) is 45.3 Å². The largest absolute Gasteiger partial charge is 0.381 e. The molecule has 1 aliphatic heterocycles. The van der Waals surface area contributed by atoms with Crippen molar-refractivity contribution in [3.8, 4) is 0 Å². The van der Waals surface area contributed by atoms with Gasteiger partial charge in [0.05, 0.1) is 0 Å². The molecule has 0 atom stereocenters. The zero-order chi connectivity index (χ0) is 9.23. The van der Waals surface area contributed by atoms with Crippen LogP contribution in [0.1, 0.15) is 19.3 Å². The fourth-order valence-corrected chi connectivity index (χ4v) is 0.918. The lowest BCUT2D eigenvalue weighted by Crippen LogP contribution is -2.16. The van der Waals surface area contributed by atoms with Crippen molar-refractivity contribution in [1.29, 1.82) is 0 Å². The van der Waals surface area contributed by atoms with Crippen LogP contribution in [0.2, 0.25) is 0 Å². The molecule has 1 fully saturated rings. The van der Waals surface area contributed by atoms with E-state index in [0.29, 0.717) is 0 Å². The third-order valence-electron chi connectivity index (χ3n) is 1.64. The van der Waals surface area contributed by atoms with E-state index in [9.17, 15) is 0 Å². The first-order chi connectivity index (χ1) is 5.77. The number of nitrogens with zero attached hydrogens (tertiary/aromatic N) is 1. The Balaban J connectivity index is 0.000000211. The van der Waals surface area contributed by atoms with Crippen LogP contribution < -0.4 is 5.73 Å². The molecule has 0 saturated carbocycles. The number of hydrogen-bond acceptors (Lipinski definition) is 3. The maximum absolute atomic E-state index is 5.25. The summed E-state index contributed by atoms with van der Waals surface area (Å²) in [5, 5.41) is 0. The monoisotopic (exact) mass is 174 g/mol. The Morgan fingerprint density at radius 3 is 2.00 bits per heavy atom. The van der Waals surface area contributed by atoms with Crippen LogP contribution in [0.25, 0.3) is 0 Å². The van der Waals surface area contributed by atoms with E-state index in [-0.39, 0.29) is 0 Å². The second kappa shape index (κ2) is 8.97. The van der Waals surface area contributed by atoms with Gasteiger partial charge < -0.3 is 15.4 Å². The molecule has 0 radical (unpaired) electrons. The highest BCUT2D eigenvalue weighted by molar-refractivity contribution is 4.43. The lowest BCUT2D eigenvalue weighted by Gasteiger charge is -2.05. The lowest BCUT2D eigenvalue weighted by molar-refractivity contribution is 0.198. The second-order valence-corrected chi connectivity index (χ2v) is 3.26. The molecule has 1 rings (SSSR count). The van der Waals surface area contributed by atoms with Crippen LogP contribution in [0.15, 0.2) is 0 Å². The normalized spacial score (nSPS) is 16.0. The Kier molecular flexibility index (Phi) is 8.88. The highest BCUT2D eigenvalue weighted by atomic mass is 16.5. The van der Waals surface area contributed by atoms with Crippen molar-refractivity contribution in [2.24, 2.45) is 5.73 Å².